The number of carbonyl (C=O) groups is 1. The molecule has 2 heterocycles. The molecule has 0 saturated carbocycles. The van der Waals surface area contributed by atoms with Gasteiger partial charge in [-0.2, -0.15) is 5.10 Å². The number of hydrogen-bond acceptors (Lipinski definition) is 3. The van der Waals surface area contributed by atoms with E-state index in [0.717, 1.165) is 34.1 Å². The van der Waals surface area contributed by atoms with E-state index in [-0.39, 0.29) is 12.3 Å². The summed E-state index contributed by atoms with van der Waals surface area (Å²) in [6, 6.07) is 7.34. The van der Waals surface area contributed by atoms with Crippen LogP contribution in [0.5, 0.6) is 0 Å². The van der Waals surface area contributed by atoms with Crippen LogP contribution in [0.1, 0.15) is 31.0 Å². The van der Waals surface area contributed by atoms with Crippen molar-refractivity contribution in [1.29, 1.82) is 0 Å². The van der Waals surface area contributed by atoms with Crippen molar-refractivity contribution in [2.75, 3.05) is 0 Å². The molecule has 0 aliphatic heterocycles. The highest BCUT2D eigenvalue weighted by Gasteiger charge is 2.25. The first-order valence-corrected chi connectivity index (χ1v) is 9.14. The summed E-state index contributed by atoms with van der Waals surface area (Å²) in [4.78, 5) is 11.3. The lowest BCUT2D eigenvalue weighted by molar-refractivity contribution is -0.146. The molecule has 0 amide bonds. The number of carboxylic acid groups (broad SMARTS) is 1. The molecule has 6 nitrogen and oxygen atoms in total. The predicted molar refractivity (Wildman–Crippen MR) is 104 cm³/mol. The van der Waals surface area contributed by atoms with Crippen LogP contribution in [-0.4, -0.2) is 37.1 Å². The van der Waals surface area contributed by atoms with Crippen LogP contribution in [0, 0.1) is 11.6 Å². The summed E-state index contributed by atoms with van der Waals surface area (Å²) in [6.45, 7) is 3.85. The van der Waals surface area contributed by atoms with Crippen LogP contribution >= 0.6 is 0 Å². The van der Waals surface area contributed by atoms with Crippen molar-refractivity contribution in [1.82, 2.24) is 14.8 Å². The number of carboxylic acids is 1. The highest BCUT2D eigenvalue weighted by Crippen LogP contribution is 2.37. The molecule has 8 heteroatoms. The number of aliphatic carboxylic acids is 1. The lowest BCUT2D eigenvalue weighted by Crippen LogP contribution is -2.22. The predicted octanol–water partition coefficient (Wildman–Crippen LogP) is 3.90. The minimum Gasteiger partial charge on any atom is -0.479 e. The van der Waals surface area contributed by atoms with Crippen LogP contribution in [0.15, 0.2) is 36.5 Å². The maximum Gasteiger partial charge on any atom is 0.332 e. The van der Waals surface area contributed by atoms with Crippen molar-refractivity contribution in [3.63, 3.8) is 0 Å². The third-order valence-electron chi connectivity index (χ3n) is 5.06. The van der Waals surface area contributed by atoms with Gasteiger partial charge in [0.15, 0.2) is 17.7 Å². The Balaban J connectivity index is 2.10. The molecule has 3 N–H and O–H groups in total. The van der Waals surface area contributed by atoms with Gasteiger partial charge in [-0.3, -0.25) is 5.10 Å². The normalized spacial score (nSPS) is 12.9. The number of H-pyrrole nitrogens is 1. The summed E-state index contributed by atoms with van der Waals surface area (Å²) in [5.74, 6) is -3.33. The quantitative estimate of drug-likeness (QED) is 0.475. The van der Waals surface area contributed by atoms with Crippen molar-refractivity contribution in [2.24, 2.45) is 0 Å². The monoisotopic (exact) mass is 399 g/mol. The zero-order valence-corrected chi connectivity index (χ0v) is 15.8. The molecule has 29 heavy (non-hydrogen) atoms. The third kappa shape index (κ3) is 3.15. The molecule has 150 valence electrons. The lowest BCUT2D eigenvalue weighted by Gasteiger charge is -2.16. The molecule has 0 radical (unpaired) electrons. The second-order valence-corrected chi connectivity index (χ2v) is 7.34. The molecule has 4 rings (SSSR count). The van der Waals surface area contributed by atoms with E-state index in [1.54, 1.807) is 10.8 Å². The molecule has 0 aliphatic rings. The number of nitrogens with zero attached hydrogens (tertiary/aromatic N) is 2. The van der Waals surface area contributed by atoms with Crippen LogP contribution in [0.4, 0.5) is 8.78 Å². The summed E-state index contributed by atoms with van der Waals surface area (Å²) in [7, 11) is 0. The standard InChI is InChI=1S/C21H19F2N3O3/c1-10(2)20-14(8-19(27)21(28)29)13-7-17-11(9-24-25-17)5-18(13)26(20)12-3-4-15(22)16(23)6-12/h3-7,9-10,19,27H,8H2,1-2H3,(H,24,25)(H,28,29)/t19-/m0/s1. The zero-order valence-electron chi connectivity index (χ0n) is 15.8. The summed E-state index contributed by atoms with van der Waals surface area (Å²) in [5.41, 5.74) is 3.23. The summed E-state index contributed by atoms with van der Waals surface area (Å²) >= 11 is 0. The van der Waals surface area contributed by atoms with E-state index in [0.29, 0.717) is 16.8 Å². The Bertz CT molecular complexity index is 1240. The number of aliphatic hydroxyl groups is 1. The smallest absolute Gasteiger partial charge is 0.332 e. The second kappa shape index (κ2) is 6.97. The summed E-state index contributed by atoms with van der Waals surface area (Å²) in [6.07, 6.45) is -0.0534. The van der Waals surface area contributed by atoms with Gasteiger partial charge in [0.1, 0.15) is 0 Å². The molecule has 0 fully saturated rings. The van der Waals surface area contributed by atoms with Crippen molar-refractivity contribution < 1.29 is 23.8 Å². The van der Waals surface area contributed by atoms with Gasteiger partial charge in [-0.1, -0.05) is 13.8 Å². The van der Waals surface area contributed by atoms with Crippen molar-refractivity contribution >= 4 is 27.8 Å². The van der Waals surface area contributed by atoms with Crippen molar-refractivity contribution in [3.8, 4) is 5.69 Å². The van der Waals surface area contributed by atoms with Gasteiger partial charge in [-0.15, -0.1) is 0 Å². The van der Waals surface area contributed by atoms with E-state index in [4.69, 9.17) is 0 Å². The minimum absolute atomic E-state index is 0.0806. The Morgan fingerprint density at radius 1 is 1.21 bits per heavy atom. The summed E-state index contributed by atoms with van der Waals surface area (Å²) < 4.78 is 29.3. The topological polar surface area (TPSA) is 91.1 Å². The molecule has 0 unspecified atom stereocenters. The van der Waals surface area contributed by atoms with Gasteiger partial charge in [0.05, 0.1) is 17.2 Å². The molecular formula is C21H19F2N3O3. The number of nitrogens with one attached hydrogen (secondary N) is 1. The van der Waals surface area contributed by atoms with Gasteiger partial charge in [0, 0.05) is 34.6 Å². The van der Waals surface area contributed by atoms with E-state index in [1.807, 2.05) is 26.0 Å². The lowest BCUT2D eigenvalue weighted by atomic mass is 9.98. The molecule has 2 aromatic carbocycles. The Labute approximate surface area is 164 Å². The van der Waals surface area contributed by atoms with E-state index in [9.17, 15) is 23.8 Å². The average Bonchev–Trinajstić information content (AvgIpc) is 3.24. The van der Waals surface area contributed by atoms with Crippen LogP contribution in [-0.2, 0) is 11.2 Å². The van der Waals surface area contributed by atoms with Gasteiger partial charge in [0.2, 0.25) is 0 Å². The van der Waals surface area contributed by atoms with Gasteiger partial charge in [0.25, 0.3) is 0 Å². The Morgan fingerprint density at radius 2 is 1.97 bits per heavy atom. The largest absolute Gasteiger partial charge is 0.479 e. The second-order valence-electron chi connectivity index (χ2n) is 7.34. The maximum absolute atomic E-state index is 14.0. The fraction of sp³-hybridized carbons (Fsp3) is 0.238. The van der Waals surface area contributed by atoms with E-state index in [2.05, 4.69) is 10.2 Å². The zero-order chi connectivity index (χ0) is 20.9. The SMILES string of the molecule is CC(C)c1c(C[C@H](O)C(=O)O)c2cc3[nH]ncc3cc2n1-c1ccc(F)c(F)c1. The van der Waals surface area contributed by atoms with Crippen molar-refractivity contribution in [2.45, 2.75) is 32.3 Å². The van der Waals surface area contributed by atoms with E-state index >= 15 is 0 Å². The molecular weight excluding hydrogens is 380 g/mol. The highest BCUT2D eigenvalue weighted by atomic mass is 19.2. The first kappa shape index (κ1) is 19.1. The summed E-state index contributed by atoms with van der Waals surface area (Å²) in [5, 5.41) is 27.7. The van der Waals surface area contributed by atoms with Gasteiger partial charge >= 0.3 is 5.97 Å². The van der Waals surface area contributed by atoms with E-state index in [1.165, 1.54) is 6.07 Å². The van der Waals surface area contributed by atoms with Crippen LogP contribution in [0.3, 0.4) is 0 Å². The average molecular weight is 399 g/mol. The fourth-order valence-corrected chi connectivity index (χ4v) is 3.81. The van der Waals surface area contributed by atoms with Gasteiger partial charge in [-0.25, -0.2) is 13.6 Å². The van der Waals surface area contributed by atoms with Crippen LogP contribution < -0.4 is 0 Å². The number of aromatic nitrogens is 3. The third-order valence-corrected chi connectivity index (χ3v) is 5.06. The number of aliphatic hydroxyl groups excluding tert-OH is 1. The highest BCUT2D eigenvalue weighted by molar-refractivity contribution is 5.99. The molecule has 1 atom stereocenters. The number of hydrogen-bond donors (Lipinski definition) is 3. The fourth-order valence-electron chi connectivity index (χ4n) is 3.81. The molecule has 0 bridgehead atoms. The van der Waals surface area contributed by atoms with Crippen LogP contribution in [0.25, 0.3) is 27.5 Å². The molecule has 4 aromatic rings. The number of halogens is 2. The number of benzene rings is 2. The minimum atomic E-state index is -1.59. The first-order valence-electron chi connectivity index (χ1n) is 9.14. The maximum atomic E-state index is 14.0. The van der Waals surface area contributed by atoms with Crippen LogP contribution in [0.2, 0.25) is 0 Å². The van der Waals surface area contributed by atoms with Crippen molar-refractivity contribution in [3.05, 3.63) is 59.4 Å². The first-order chi connectivity index (χ1) is 13.8. The molecule has 0 saturated heterocycles. The van der Waals surface area contributed by atoms with Gasteiger partial charge < -0.3 is 14.8 Å². The number of rotatable bonds is 5. The Morgan fingerprint density at radius 3 is 2.62 bits per heavy atom. The Kier molecular flexibility index (Phi) is 4.58. The number of aromatic amines is 1. The molecule has 0 spiro atoms. The molecule has 2 aromatic heterocycles. The van der Waals surface area contributed by atoms with Gasteiger partial charge in [-0.05, 0) is 35.7 Å². The number of fused-ring (bicyclic) bond motifs is 2. The Hall–Kier alpha value is -3.26. The van der Waals surface area contributed by atoms with E-state index < -0.39 is 23.7 Å². The molecule has 0 aliphatic carbocycles.